The molecule has 1 aromatic carbocycles. The van der Waals surface area contributed by atoms with Gasteiger partial charge in [0.25, 0.3) is 0 Å². The molecule has 0 heterocycles. The van der Waals surface area contributed by atoms with Gasteiger partial charge in [-0.2, -0.15) is 0 Å². The van der Waals surface area contributed by atoms with Crippen molar-refractivity contribution in [2.45, 2.75) is 6.92 Å². The van der Waals surface area contributed by atoms with Crippen molar-refractivity contribution in [3.8, 4) is 5.75 Å². The fraction of sp³-hybridized carbons (Fsp3) is 0.333. The summed E-state index contributed by atoms with van der Waals surface area (Å²) in [6.45, 7) is 2.87. The Morgan fingerprint density at radius 2 is 1.92 bits per heavy atom. The zero-order valence-corrected chi connectivity index (χ0v) is 7.67. The van der Waals surface area contributed by atoms with Gasteiger partial charge in [0.15, 0.2) is 6.79 Å². The first kappa shape index (κ1) is 9.36. The molecule has 0 unspecified atom stereocenters. The third kappa shape index (κ3) is 3.11. The van der Waals surface area contributed by atoms with Crippen molar-refractivity contribution in [2.24, 2.45) is 0 Å². The van der Waals surface area contributed by atoms with E-state index in [9.17, 15) is 0 Å². The summed E-state index contributed by atoms with van der Waals surface area (Å²) in [5.41, 5.74) is 0. The summed E-state index contributed by atoms with van der Waals surface area (Å²) in [5.74, 6) is 0.771. The minimum absolute atomic E-state index is 0.290. The Morgan fingerprint density at radius 3 is 2.50 bits per heavy atom. The van der Waals surface area contributed by atoms with Gasteiger partial charge in [-0.1, -0.05) is 11.6 Å². The van der Waals surface area contributed by atoms with E-state index in [0.29, 0.717) is 11.6 Å². The Bertz CT molecular complexity index is 220. The molecule has 0 saturated carbocycles. The van der Waals surface area contributed by atoms with Crippen LogP contribution in [0.25, 0.3) is 0 Å². The number of ether oxygens (including phenoxy) is 2. The largest absolute Gasteiger partial charge is 0.468 e. The van der Waals surface area contributed by atoms with Gasteiger partial charge >= 0.3 is 0 Å². The molecule has 0 amide bonds. The normalized spacial score (nSPS) is 9.83. The molecule has 0 fully saturated rings. The number of halogens is 1. The Balaban J connectivity index is 2.37. The zero-order valence-electron chi connectivity index (χ0n) is 6.92. The van der Waals surface area contributed by atoms with Crippen LogP contribution < -0.4 is 4.74 Å². The molecular weight excluding hydrogens is 176 g/mol. The first-order valence-electron chi connectivity index (χ1n) is 3.79. The standard InChI is InChI=1S/C9H11ClO2/c1-2-11-7-12-9-5-3-8(10)4-6-9/h3-6H,2,7H2,1H3. The molecule has 0 radical (unpaired) electrons. The lowest BCUT2D eigenvalue weighted by molar-refractivity contribution is 0.0224. The van der Waals surface area contributed by atoms with E-state index in [-0.39, 0.29) is 6.79 Å². The maximum Gasteiger partial charge on any atom is 0.189 e. The minimum atomic E-state index is 0.290. The second-order valence-electron chi connectivity index (χ2n) is 2.21. The highest BCUT2D eigenvalue weighted by atomic mass is 35.5. The maximum absolute atomic E-state index is 5.69. The molecule has 0 N–H and O–H groups in total. The highest BCUT2D eigenvalue weighted by molar-refractivity contribution is 6.30. The summed E-state index contributed by atoms with van der Waals surface area (Å²) in [7, 11) is 0. The van der Waals surface area contributed by atoms with E-state index in [1.165, 1.54) is 0 Å². The molecular formula is C9H11ClO2. The minimum Gasteiger partial charge on any atom is -0.468 e. The van der Waals surface area contributed by atoms with E-state index in [1.807, 2.05) is 6.92 Å². The lowest BCUT2D eigenvalue weighted by Gasteiger charge is -2.04. The van der Waals surface area contributed by atoms with Crippen molar-refractivity contribution in [3.63, 3.8) is 0 Å². The van der Waals surface area contributed by atoms with Crippen molar-refractivity contribution in [3.05, 3.63) is 29.3 Å². The SMILES string of the molecule is CCOCOc1ccc(Cl)cc1. The van der Waals surface area contributed by atoms with Gasteiger partial charge in [-0.15, -0.1) is 0 Å². The highest BCUT2D eigenvalue weighted by Gasteiger charge is 1.91. The van der Waals surface area contributed by atoms with Crippen LogP contribution in [0.4, 0.5) is 0 Å². The van der Waals surface area contributed by atoms with Crippen LogP contribution in [0.3, 0.4) is 0 Å². The number of rotatable bonds is 4. The van der Waals surface area contributed by atoms with E-state index < -0.39 is 0 Å². The second kappa shape index (κ2) is 5.01. The highest BCUT2D eigenvalue weighted by Crippen LogP contribution is 2.15. The molecule has 0 aliphatic heterocycles. The van der Waals surface area contributed by atoms with E-state index >= 15 is 0 Å². The van der Waals surface area contributed by atoms with Crippen LogP contribution in [0.5, 0.6) is 5.75 Å². The molecule has 2 nitrogen and oxygen atoms in total. The molecule has 1 rings (SSSR count). The molecule has 0 aliphatic rings. The van der Waals surface area contributed by atoms with E-state index in [2.05, 4.69) is 0 Å². The average molecular weight is 187 g/mol. The fourth-order valence-corrected chi connectivity index (χ4v) is 0.850. The predicted molar refractivity (Wildman–Crippen MR) is 48.6 cm³/mol. The van der Waals surface area contributed by atoms with Crippen LogP contribution in [-0.4, -0.2) is 13.4 Å². The van der Waals surface area contributed by atoms with E-state index in [0.717, 1.165) is 5.75 Å². The number of hydrogen-bond donors (Lipinski definition) is 0. The monoisotopic (exact) mass is 186 g/mol. The Hall–Kier alpha value is -0.730. The molecule has 3 heteroatoms. The summed E-state index contributed by atoms with van der Waals surface area (Å²) in [6.07, 6.45) is 0. The smallest absolute Gasteiger partial charge is 0.189 e. The van der Waals surface area contributed by atoms with Crippen molar-refractivity contribution in [1.29, 1.82) is 0 Å². The van der Waals surface area contributed by atoms with Crippen LogP contribution in [0.1, 0.15) is 6.92 Å². The third-order valence-corrected chi connectivity index (χ3v) is 1.58. The molecule has 0 saturated heterocycles. The van der Waals surface area contributed by atoms with Crippen molar-refractivity contribution in [2.75, 3.05) is 13.4 Å². The summed E-state index contributed by atoms with van der Waals surface area (Å²) in [4.78, 5) is 0. The Kier molecular flexibility index (Phi) is 3.91. The lowest BCUT2D eigenvalue weighted by Crippen LogP contribution is -2.01. The quantitative estimate of drug-likeness (QED) is 0.532. The van der Waals surface area contributed by atoms with Crippen molar-refractivity contribution in [1.82, 2.24) is 0 Å². The fourth-order valence-electron chi connectivity index (χ4n) is 0.724. The average Bonchev–Trinajstić information content (AvgIpc) is 2.09. The van der Waals surface area contributed by atoms with Gasteiger partial charge < -0.3 is 9.47 Å². The second-order valence-corrected chi connectivity index (χ2v) is 2.65. The van der Waals surface area contributed by atoms with Gasteiger partial charge in [-0.05, 0) is 31.2 Å². The van der Waals surface area contributed by atoms with Crippen LogP contribution in [-0.2, 0) is 4.74 Å². The van der Waals surface area contributed by atoms with Gasteiger partial charge in [0.1, 0.15) is 5.75 Å². The van der Waals surface area contributed by atoms with Crippen molar-refractivity contribution < 1.29 is 9.47 Å². The molecule has 0 aliphatic carbocycles. The number of benzene rings is 1. The van der Waals surface area contributed by atoms with Gasteiger partial charge in [0.2, 0.25) is 0 Å². The summed E-state index contributed by atoms with van der Waals surface area (Å²) >= 11 is 5.69. The van der Waals surface area contributed by atoms with Crippen LogP contribution >= 0.6 is 11.6 Å². The molecule has 1 aromatic rings. The predicted octanol–water partition coefficient (Wildman–Crippen LogP) is 2.71. The molecule has 0 spiro atoms. The summed E-state index contributed by atoms with van der Waals surface area (Å²) < 4.78 is 10.2. The lowest BCUT2D eigenvalue weighted by atomic mass is 10.3. The molecule has 12 heavy (non-hydrogen) atoms. The van der Waals surface area contributed by atoms with Crippen LogP contribution in [0.2, 0.25) is 5.02 Å². The topological polar surface area (TPSA) is 18.5 Å². The molecule has 66 valence electrons. The third-order valence-electron chi connectivity index (χ3n) is 1.33. The first-order valence-corrected chi connectivity index (χ1v) is 4.17. The molecule has 0 aromatic heterocycles. The van der Waals surface area contributed by atoms with E-state index in [1.54, 1.807) is 24.3 Å². The maximum atomic E-state index is 5.69. The van der Waals surface area contributed by atoms with E-state index in [4.69, 9.17) is 21.1 Å². The van der Waals surface area contributed by atoms with Gasteiger partial charge in [0.05, 0.1) is 0 Å². The summed E-state index contributed by atoms with van der Waals surface area (Å²) in [5, 5.41) is 0.707. The van der Waals surface area contributed by atoms with Gasteiger partial charge in [-0.25, -0.2) is 0 Å². The van der Waals surface area contributed by atoms with Crippen LogP contribution in [0, 0.1) is 0 Å². The van der Waals surface area contributed by atoms with Gasteiger partial charge in [0, 0.05) is 11.6 Å². The van der Waals surface area contributed by atoms with Crippen molar-refractivity contribution >= 4 is 11.6 Å². The number of hydrogen-bond acceptors (Lipinski definition) is 2. The van der Waals surface area contributed by atoms with Gasteiger partial charge in [-0.3, -0.25) is 0 Å². The van der Waals surface area contributed by atoms with Crippen LogP contribution in [0.15, 0.2) is 24.3 Å². The Labute approximate surface area is 77.1 Å². The first-order chi connectivity index (χ1) is 5.83. The zero-order chi connectivity index (χ0) is 8.81. The molecule has 0 bridgehead atoms. The summed E-state index contributed by atoms with van der Waals surface area (Å²) in [6, 6.07) is 7.17. The Morgan fingerprint density at radius 1 is 1.25 bits per heavy atom. The molecule has 0 atom stereocenters.